The Morgan fingerprint density at radius 3 is 2.52 bits per heavy atom. The molecule has 0 fully saturated rings. The van der Waals surface area contributed by atoms with Crippen LogP contribution >= 0.6 is 0 Å². The summed E-state index contributed by atoms with van der Waals surface area (Å²) < 4.78 is 40.0. The lowest BCUT2D eigenvalue weighted by Crippen LogP contribution is -2.29. The number of hydrogen-bond acceptors (Lipinski definition) is 5. The van der Waals surface area contributed by atoms with Crippen LogP contribution in [-0.4, -0.2) is 30.3 Å². The Hall–Kier alpha value is -2.81. The molecule has 1 atom stereocenters. The number of benzene rings is 1. The van der Waals surface area contributed by atoms with E-state index >= 15 is 0 Å². The fourth-order valence-electron chi connectivity index (χ4n) is 2.40. The summed E-state index contributed by atoms with van der Waals surface area (Å²) in [6.07, 6.45) is -2.92. The van der Waals surface area contributed by atoms with Crippen LogP contribution in [0.4, 0.5) is 13.2 Å². The molecule has 130 valence electrons. The van der Waals surface area contributed by atoms with Crippen LogP contribution in [0.25, 0.3) is 11.5 Å². The zero-order valence-electron chi connectivity index (χ0n) is 13.1. The quantitative estimate of drug-likeness (QED) is 0.784. The van der Waals surface area contributed by atoms with Gasteiger partial charge in [-0.3, -0.25) is 4.98 Å². The summed E-state index contributed by atoms with van der Waals surface area (Å²) in [6, 6.07) is 9.75. The zero-order valence-corrected chi connectivity index (χ0v) is 13.1. The molecule has 0 aliphatic carbocycles. The minimum Gasteiger partial charge on any atom is -0.384 e. The van der Waals surface area contributed by atoms with Crippen LogP contribution in [-0.2, 0) is 18.3 Å². The molecule has 1 aromatic carbocycles. The molecule has 0 amide bonds. The number of aromatic nitrogens is 5. The maximum atomic E-state index is 12.9. The first-order valence-corrected chi connectivity index (χ1v) is 7.35. The fraction of sp³-hybridized carbons (Fsp3) is 0.250. The number of nitrogens with zero attached hydrogens (tertiary/aromatic N) is 5. The van der Waals surface area contributed by atoms with Crippen LogP contribution in [0.15, 0.2) is 48.7 Å². The molecule has 0 spiro atoms. The van der Waals surface area contributed by atoms with Gasteiger partial charge in [-0.1, -0.05) is 18.2 Å². The van der Waals surface area contributed by atoms with Crippen molar-refractivity contribution in [3.05, 3.63) is 59.8 Å². The predicted octanol–water partition coefficient (Wildman–Crippen LogP) is 2.66. The Labute approximate surface area is 140 Å². The Morgan fingerprint density at radius 1 is 1.08 bits per heavy atom. The molecule has 2 heterocycles. The van der Waals surface area contributed by atoms with Crippen molar-refractivity contribution in [2.75, 3.05) is 0 Å². The molecule has 3 rings (SSSR count). The third kappa shape index (κ3) is 3.66. The first-order chi connectivity index (χ1) is 11.8. The van der Waals surface area contributed by atoms with Crippen molar-refractivity contribution in [2.24, 2.45) is 0 Å². The standard InChI is InChI=1S/C16H14F3N5O/c1-15(25,11-5-4-6-12(9-11)16(17,18)19)10-24-14(21-22-23-24)13-7-2-3-8-20-13/h2-9,25H,10H2,1H3. The van der Waals surface area contributed by atoms with Crippen molar-refractivity contribution in [1.29, 1.82) is 0 Å². The molecule has 0 saturated heterocycles. The van der Waals surface area contributed by atoms with Crippen LogP contribution in [0, 0.1) is 0 Å². The molecule has 0 radical (unpaired) electrons. The molecule has 3 aromatic rings. The summed E-state index contributed by atoms with van der Waals surface area (Å²) in [4.78, 5) is 4.14. The SMILES string of the molecule is CC(O)(Cn1nnnc1-c1ccccn1)c1cccc(C(F)(F)F)c1. The molecular weight excluding hydrogens is 335 g/mol. The molecule has 0 aliphatic rings. The van der Waals surface area contributed by atoms with Gasteiger partial charge >= 0.3 is 6.18 Å². The van der Waals surface area contributed by atoms with E-state index in [2.05, 4.69) is 20.5 Å². The van der Waals surface area contributed by atoms with Crippen molar-refractivity contribution in [3.63, 3.8) is 0 Å². The lowest BCUT2D eigenvalue weighted by molar-refractivity contribution is -0.137. The maximum absolute atomic E-state index is 12.9. The lowest BCUT2D eigenvalue weighted by atomic mass is 9.94. The Bertz CT molecular complexity index is 861. The first kappa shape index (κ1) is 17.0. The number of pyridine rings is 1. The van der Waals surface area contributed by atoms with E-state index < -0.39 is 17.3 Å². The van der Waals surface area contributed by atoms with E-state index in [1.807, 2.05) is 0 Å². The second kappa shape index (κ2) is 6.25. The molecule has 0 saturated carbocycles. The average Bonchev–Trinajstić information content (AvgIpc) is 3.02. The Morgan fingerprint density at radius 2 is 1.84 bits per heavy atom. The maximum Gasteiger partial charge on any atom is 0.416 e. The van der Waals surface area contributed by atoms with Crippen molar-refractivity contribution in [2.45, 2.75) is 25.2 Å². The highest BCUT2D eigenvalue weighted by Gasteiger charge is 2.33. The van der Waals surface area contributed by atoms with Gasteiger partial charge in [0.1, 0.15) is 11.3 Å². The lowest BCUT2D eigenvalue weighted by Gasteiger charge is -2.24. The van der Waals surface area contributed by atoms with E-state index in [-0.39, 0.29) is 12.1 Å². The summed E-state index contributed by atoms with van der Waals surface area (Å²) in [6.45, 7) is 1.28. The zero-order chi connectivity index (χ0) is 18.1. The highest BCUT2D eigenvalue weighted by atomic mass is 19.4. The number of tetrazole rings is 1. The third-order valence-corrected chi connectivity index (χ3v) is 3.70. The fourth-order valence-corrected chi connectivity index (χ4v) is 2.40. The molecule has 6 nitrogen and oxygen atoms in total. The second-order valence-electron chi connectivity index (χ2n) is 5.73. The van der Waals surface area contributed by atoms with Gasteiger partial charge in [0, 0.05) is 6.20 Å². The molecule has 0 bridgehead atoms. The Balaban J connectivity index is 1.92. The normalized spacial score (nSPS) is 14.3. The van der Waals surface area contributed by atoms with E-state index in [0.29, 0.717) is 11.5 Å². The summed E-state index contributed by atoms with van der Waals surface area (Å²) in [5.41, 5.74) is -1.83. The van der Waals surface area contributed by atoms with Gasteiger partial charge in [0.15, 0.2) is 0 Å². The average molecular weight is 349 g/mol. The molecular formula is C16H14F3N5O. The van der Waals surface area contributed by atoms with Gasteiger partial charge < -0.3 is 5.11 Å². The summed E-state index contributed by atoms with van der Waals surface area (Å²) in [5, 5.41) is 22.0. The summed E-state index contributed by atoms with van der Waals surface area (Å²) in [7, 11) is 0. The molecule has 2 aromatic heterocycles. The van der Waals surface area contributed by atoms with Gasteiger partial charge in [0.05, 0.1) is 12.1 Å². The van der Waals surface area contributed by atoms with Crippen molar-refractivity contribution in [1.82, 2.24) is 25.2 Å². The second-order valence-corrected chi connectivity index (χ2v) is 5.73. The van der Waals surface area contributed by atoms with E-state index in [1.54, 1.807) is 24.4 Å². The van der Waals surface area contributed by atoms with Crippen LogP contribution < -0.4 is 0 Å². The number of alkyl halides is 3. The van der Waals surface area contributed by atoms with Gasteiger partial charge in [-0.25, -0.2) is 4.68 Å². The van der Waals surface area contributed by atoms with E-state index in [1.165, 1.54) is 23.7 Å². The molecule has 9 heteroatoms. The van der Waals surface area contributed by atoms with Crippen molar-refractivity contribution in [3.8, 4) is 11.5 Å². The highest BCUT2D eigenvalue weighted by Crippen LogP contribution is 2.32. The van der Waals surface area contributed by atoms with Crippen molar-refractivity contribution >= 4 is 0 Å². The highest BCUT2D eigenvalue weighted by molar-refractivity contribution is 5.47. The van der Waals surface area contributed by atoms with Gasteiger partial charge in [0.25, 0.3) is 0 Å². The predicted molar refractivity (Wildman–Crippen MR) is 82.1 cm³/mol. The molecule has 25 heavy (non-hydrogen) atoms. The first-order valence-electron chi connectivity index (χ1n) is 7.35. The minimum atomic E-state index is -4.49. The number of rotatable bonds is 4. The van der Waals surface area contributed by atoms with Crippen molar-refractivity contribution < 1.29 is 18.3 Å². The van der Waals surface area contributed by atoms with Gasteiger partial charge in [-0.05, 0) is 47.2 Å². The van der Waals surface area contributed by atoms with Gasteiger partial charge in [0.2, 0.25) is 5.82 Å². The minimum absolute atomic E-state index is 0.116. The summed E-state index contributed by atoms with van der Waals surface area (Å²) in [5.74, 6) is 0.313. The van der Waals surface area contributed by atoms with E-state index in [9.17, 15) is 18.3 Å². The van der Waals surface area contributed by atoms with E-state index in [4.69, 9.17) is 0 Å². The smallest absolute Gasteiger partial charge is 0.384 e. The number of hydrogen-bond donors (Lipinski definition) is 1. The monoisotopic (exact) mass is 349 g/mol. The summed E-state index contributed by atoms with van der Waals surface area (Å²) >= 11 is 0. The number of halogens is 3. The van der Waals surface area contributed by atoms with Crippen LogP contribution in [0.5, 0.6) is 0 Å². The van der Waals surface area contributed by atoms with Crippen LogP contribution in [0.3, 0.4) is 0 Å². The van der Waals surface area contributed by atoms with Crippen LogP contribution in [0.1, 0.15) is 18.1 Å². The topological polar surface area (TPSA) is 76.7 Å². The van der Waals surface area contributed by atoms with Gasteiger partial charge in [-0.2, -0.15) is 13.2 Å². The van der Waals surface area contributed by atoms with Crippen LogP contribution in [0.2, 0.25) is 0 Å². The van der Waals surface area contributed by atoms with E-state index in [0.717, 1.165) is 12.1 Å². The largest absolute Gasteiger partial charge is 0.416 e. The molecule has 0 aliphatic heterocycles. The molecule has 1 unspecified atom stereocenters. The number of aliphatic hydroxyl groups is 1. The molecule has 1 N–H and O–H groups in total. The van der Waals surface area contributed by atoms with Gasteiger partial charge in [-0.15, -0.1) is 5.10 Å². The Kier molecular flexibility index (Phi) is 4.25. The third-order valence-electron chi connectivity index (χ3n) is 3.70.